The Morgan fingerprint density at radius 3 is 1.19 bits per heavy atom. The van der Waals surface area contributed by atoms with E-state index >= 15 is 0 Å². The lowest BCUT2D eigenvalue weighted by atomic mass is 9.95. The topological polar surface area (TPSA) is 64.5 Å². The summed E-state index contributed by atoms with van der Waals surface area (Å²) < 4.78 is 0. The molecule has 0 fully saturated rings. The Kier molecular flexibility index (Phi) is 7.83. The molecule has 4 heterocycles. The van der Waals surface area contributed by atoms with Crippen LogP contribution in [0.3, 0.4) is 0 Å². The van der Waals surface area contributed by atoms with E-state index in [1.165, 1.54) is 0 Å². The summed E-state index contributed by atoms with van der Waals surface area (Å²) in [6.45, 7) is 0. The number of pyridine rings is 3. The monoisotopic (exact) mass is 615 g/mol. The van der Waals surface area contributed by atoms with Gasteiger partial charge in [-0.15, -0.1) is 0 Å². The molecule has 8 rings (SSSR count). The lowest BCUT2D eigenvalue weighted by Gasteiger charge is -2.13. The molecule has 4 aromatic carbocycles. The van der Waals surface area contributed by atoms with Crippen LogP contribution in [-0.2, 0) is 0 Å². The summed E-state index contributed by atoms with van der Waals surface area (Å²) in [5.74, 6) is 0.601. The molecule has 0 spiro atoms. The lowest BCUT2D eigenvalue weighted by molar-refractivity contribution is 1.15. The van der Waals surface area contributed by atoms with Gasteiger partial charge >= 0.3 is 0 Å². The van der Waals surface area contributed by atoms with Crippen LogP contribution in [0.2, 0.25) is 0 Å². The standard InChI is InChI=1S/C43H29N5/c1-4-11-30(12-5-1)34-18-20-39(45-28-34)41-26-42(40-21-19-35(29-46-40)33-17-10-22-44-27-33)48-43(47-41)38-24-36(31-13-6-2-7-14-31)23-37(25-38)32-15-8-3-9-16-32/h1-29H. The van der Waals surface area contributed by atoms with Crippen molar-refractivity contribution in [2.75, 3.05) is 0 Å². The molecule has 0 N–H and O–H groups in total. The van der Waals surface area contributed by atoms with Crippen LogP contribution < -0.4 is 0 Å². The molecule has 226 valence electrons. The van der Waals surface area contributed by atoms with Crippen LogP contribution in [-0.4, -0.2) is 24.9 Å². The van der Waals surface area contributed by atoms with Crippen LogP contribution in [0.1, 0.15) is 0 Å². The second-order valence-electron chi connectivity index (χ2n) is 11.5. The van der Waals surface area contributed by atoms with Gasteiger partial charge in [-0.25, -0.2) is 9.97 Å². The van der Waals surface area contributed by atoms with Gasteiger partial charge in [0.2, 0.25) is 0 Å². The molecule has 0 radical (unpaired) electrons. The number of aromatic nitrogens is 5. The van der Waals surface area contributed by atoms with Gasteiger partial charge in [0.15, 0.2) is 5.82 Å². The highest BCUT2D eigenvalue weighted by Crippen LogP contribution is 2.34. The van der Waals surface area contributed by atoms with E-state index in [0.29, 0.717) is 11.5 Å². The van der Waals surface area contributed by atoms with Crippen molar-refractivity contribution in [3.63, 3.8) is 0 Å². The summed E-state index contributed by atoms with van der Waals surface area (Å²) in [5.41, 5.74) is 12.4. The maximum absolute atomic E-state index is 5.13. The molecule has 0 amide bonds. The van der Waals surface area contributed by atoms with Gasteiger partial charge in [0.25, 0.3) is 0 Å². The number of hydrogen-bond donors (Lipinski definition) is 0. The lowest BCUT2D eigenvalue weighted by Crippen LogP contribution is -1.99. The number of rotatable bonds is 7. The third-order valence-electron chi connectivity index (χ3n) is 8.29. The van der Waals surface area contributed by atoms with Gasteiger partial charge in [-0.2, -0.15) is 0 Å². The predicted molar refractivity (Wildman–Crippen MR) is 193 cm³/mol. The van der Waals surface area contributed by atoms with E-state index in [-0.39, 0.29) is 0 Å². The first-order valence-corrected chi connectivity index (χ1v) is 15.8. The SMILES string of the molecule is c1ccc(-c2ccc(-c3cc(-c4ccc(-c5cccnc5)cn4)nc(-c4cc(-c5ccccc5)cc(-c5ccccc5)c4)n3)nc2)cc1. The number of hydrogen-bond acceptors (Lipinski definition) is 5. The molecule has 5 nitrogen and oxygen atoms in total. The first kappa shape index (κ1) is 28.9. The summed E-state index contributed by atoms with van der Waals surface area (Å²) in [5, 5.41) is 0. The highest BCUT2D eigenvalue weighted by molar-refractivity contribution is 5.81. The first-order valence-electron chi connectivity index (χ1n) is 15.8. The highest BCUT2D eigenvalue weighted by atomic mass is 14.9. The van der Waals surface area contributed by atoms with Gasteiger partial charge < -0.3 is 0 Å². The van der Waals surface area contributed by atoms with Gasteiger partial charge in [-0.1, -0.05) is 109 Å². The Bertz CT molecular complexity index is 2130. The summed E-state index contributed by atoms with van der Waals surface area (Å²) in [7, 11) is 0. The van der Waals surface area contributed by atoms with Gasteiger partial charge in [0.05, 0.1) is 22.8 Å². The number of nitrogens with zero attached hydrogens (tertiary/aromatic N) is 5. The average molecular weight is 616 g/mol. The van der Waals surface area contributed by atoms with Crippen molar-refractivity contribution in [2.24, 2.45) is 0 Å². The summed E-state index contributed by atoms with van der Waals surface area (Å²) in [4.78, 5) is 24.2. The summed E-state index contributed by atoms with van der Waals surface area (Å²) in [6, 6.07) is 51.7. The smallest absolute Gasteiger partial charge is 0.160 e. The molecular weight excluding hydrogens is 587 g/mol. The number of benzene rings is 4. The molecule has 4 aromatic heterocycles. The fourth-order valence-electron chi connectivity index (χ4n) is 5.79. The van der Waals surface area contributed by atoms with Gasteiger partial charge in [-0.05, 0) is 70.3 Å². The van der Waals surface area contributed by atoms with Gasteiger partial charge in [0.1, 0.15) is 0 Å². The maximum atomic E-state index is 5.13. The van der Waals surface area contributed by atoms with Crippen LogP contribution >= 0.6 is 0 Å². The quantitative estimate of drug-likeness (QED) is 0.178. The highest BCUT2D eigenvalue weighted by Gasteiger charge is 2.15. The van der Waals surface area contributed by atoms with E-state index in [9.17, 15) is 0 Å². The van der Waals surface area contributed by atoms with Crippen LogP contribution in [0.4, 0.5) is 0 Å². The molecule has 8 aromatic rings. The minimum absolute atomic E-state index is 0.601. The zero-order valence-corrected chi connectivity index (χ0v) is 26.0. The fourth-order valence-corrected chi connectivity index (χ4v) is 5.79. The normalized spacial score (nSPS) is 10.9. The Balaban J connectivity index is 1.28. The van der Waals surface area contributed by atoms with Crippen LogP contribution in [0, 0.1) is 0 Å². The second-order valence-corrected chi connectivity index (χ2v) is 11.5. The third kappa shape index (κ3) is 6.13. The van der Waals surface area contributed by atoms with Crippen molar-refractivity contribution in [1.29, 1.82) is 0 Å². The molecule has 48 heavy (non-hydrogen) atoms. The Morgan fingerprint density at radius 1 is 0.292 bits per heavy atom. The van der Waals surface area contributed by atoms with Crippen LogP contribution in [0.25, 0.3) is 78.7 Å². The summed E-state index contributed by atoms with van der Waals surface area (Å²) >= 11 is 0. The van der Waals surface area contributed by atoms with Crippen molar-refractivity contribution in [1.82, 2.24) is 24.9 Å². The largest absolute Gasteiger partial charge is 0.264 e. The first-order chi connectivity index (χ1) is 23.8. The predicted octanol–water partition coefficient (Wildman–Crippen LogP) is 10.3. The maximum Gasteiger partial charge on any atom is 0.160 e. The van der Waals surface area contributed by atoms with E-state index in [2.05, 4.69) is 96.0 Å². The van der Waals surface area contributed by atoms with Crippen molar-refractivity contribution in [3.8, 4) is 78.7 Å². The van der Waals surface area contributed by atoms with E-state index < -0.39 is 0 Å². The Morgan fingerprint density at radius 2 is 0.729 bits per heavy atom. The van der Waals surface area contributed by atoms with E-state index in [1.54, 1.807) is 6.20 Å². The molecule has 0 bridgehead atoms. The van der Waals surface area contributed by atoms with Crippen molar-refractivity contribution >= 4 is 0 Å². The average Bonchev–Trinajstić information content (AvgIpc) is 3.19. The Hall–Kier alpha value is -6.59. The molecule has 0 atom stereocenters. The molecule has 5 heteroatoms. The van der Waals surface area contributed by atoms with Crippen LogP contribution in [0.5, 0.6) is 0 Å². The van der Waals surface area contributed by atoms with Gasteiger partial charge in [0, 0.05) is 47.0 Å². The Labute approximate surface area is 279 Å². The van der Waals surface area contributed by atoms with E-state index in [1.807, 2.05) is 79.3 Å². The fraction of sp³-hybridized carbons (Fsp3) is 0. The summed E-state index contributed by atoms with van der Waals surface area (Å²) in [6.07, 6.45) is 7.37. The molecule has 0 aliphatic carbocycles. The zero-order valence-electron chi connectivity index (χ0n) is 26.0. The van der Waals surface area contributed by atoms with Gasteiger partial charge in [-0.3, -0.25) is 15.0 Å². The van der Waals surface area contributed by atoms with Crippen molar-refractivity contribution < 1.29 is 0 Å². The third-order valence-corrected chi connectivity index (χ3v) is 8.29. The van der Waals surface area contributed by atoms with Crippen molar-refractivity contribution in [3.05, 3.63) is 176 Å². The zero-order chi connectivity index (χ0) is 32.1. The molecule has 0 saturated heterocycles. The molecule has 0 saturated carbocycles. The molecular formula is C43H29N5. The van der Waals surface area contributed by atoms with Crippen molar-refractivity contribution in [2.45, 2.75) is 0 Å². The minimum Gasteiger partial charge on any atom is -0.264 e. The second kappa shape index (κ2) is 13.0. The molecule has 0 aliphatic rings. The van der Waals surface area contributed by atoms with E-state index in [4.69, 9.17) is 19.9 Å². The molecule has 0 aliphatic heterocycles. The molecule has 0 unspecified atom stereocenters. The van der Waals surface area contributed by atoms with E-state index in [0.717, 1.165) is 67.2 Å². The minimum atomic E-state index is 0.601. The van der Waals surface area contributed by atoms with Crippen LogP contribution in [0.15, 0.2) is 176 Å².